The number of phosphoric acid groups is 1. The molecule has 4 heterocycles. The molecule has 0 radical (unpaired) electrons. The molecule has 2 aromatic rings. The Balaban J connectivity index is 0.921. The molecule has 7 N–H and O–H groups in total. The van der Waals surface area contributed by atoms with Crippen LogP contribution in [0.1, 0.15) is 90.2 Å². The maximum absolute atomic E-state index is 14.7. The summed E-state index contributed by atoms with van der Waals surface area (Å²) >= 11 is 0.512. The number of hydrogen-bond acceptors (Lipinski definition) is 17. The number of benzene rings is 2. The predicted molar refractivity (Wildman–Crippen MR) is 306 cm³/mol. The van der Waals surface area contributed by atoms with Gasteiger partial charge in [-0.15, -0.1) is 0 Å². The molecule has 84 heavy (non-hydrogen) atoms. The molecule has 5 aliphatic rings. The number of allylic oxidation sites excluding steroid dienone is 5. The number of likely N-dealkylation sites (N-methyl/N-ethyl adjacent to an activating group) is 1. The van der Waals surface area contributed by atoms with E-state index in [4.69, 9.17) is 4.74 Å². The number of fused-ring (bicyclic) bond motifs is 2. The zero-order valence-electron chi connectivity index (χ0n) is 47.9. The van der Waals surface area contributed by atoms with E-state index in [-0.39, 0.29) is 82.5 Å². The minimum absolute atomic E-state index is 0.0291. The summed E-state index contributed by atoms with van der Waals surface area (Å²) in [6.07, 6.45) is 8.30. The fourth-order valence-corrected chi connectivity index (χ4v) is 11.9. The second-order valence-corrected chi connectivity index (χ2v) is 23.8. The fraction of sp³-hybridized carbons (Fsp3) is 0.491. The predicted octanol–water partition coefficient (Wildman–Crippen LogP) is 1.81. The number of carbonyl (C=O) groups excluding carboxylic acids is 8. The molecule has 0 bridgehead atoms. The van der Waals surface area contributed by atoms with E-state index in [0.29, 0.717) is 61.1 Å². The Bertz CT molecular complexity index is 3060. The summed E-state index contributed by atoms with van der Waals surface area (Å²) < 4.78 is 28.0. The van der Waals surface area contributed by atoms with Crippen LogP contribution < -0.4 is 36.7 Å². The number of ketones is 1. The van der Waals surface area contributed by atoms with E-state index < -0.39 is 78.8 Å². The Kier molecular flexibility index (Phi) is 22.2. The Labute approximate surface area is 491 Å². The van der Waals surface area contributed by atoms with E-state index in [1.807, 2.05) is 67.5 Å². The monoisotopic (exact) mass is 1200 g/mol. The van der Waals surface area contributed by atoms with Gasteiger partial charge in [-0.25, -0.2) is 4.57 Å². The number of amides is 7. The molecule has 1 aliphatic carbocycles. The number of hydrogen-bond donors (Lipinski definition) is 7. The van der Waals surface area contributed by atoms with Gasteiger partial charge < -0.3 is 56.2 Å². The number of nitrogens with zero attached hydrogens (tertiary/aromatic N) is 4. The molecule has 0 spiro atoms. The van der Waals surface area contributed by atoms with Gasteiger partial charge in [0.25, 0.3) is 11.8 Å². The average molecular weight is 1200 g/mol. The molecule has 25 nitrogen and oxygen atoms in total. The quantitative estimate of drug-likeness (QED) is 0.00827. The van der Waals surface area contributed by atoms with Crippen molar-refractivity contribution in [3.8, 4) is 0 Å². The van der Waals surface area contributed by atoms with Crippen LogP contribution in [0.5, 0.6) is 0 Å². The third kappa shape index (κ3) is 15.7. The smallest absolute Gasteiger partial charge is 0.469 e. The molecule has 7 rings (SSSR count). The second kappa shape index (κ2) is 28.8. The highest BCUT2D eigenvalue weighted by Crippen LogP contribution is 2.49. The number of carbonyl (C=O) groups is 8. The number of phosphoric ester groups is 1. The number of ether oxygens (including phenoxy) is 1. The normalized spacial score (nSPS) is 19.5. The van der Waals surface area contributed by atoms with Crippen LogP contribution in [0.3, 0.4) is 0 Å². The van der Waals surface area contributed by atoms with E-state index in [1.54, 1.807) is 0 Å². The van der Waals surface area contributed by atoms with E-state index in [0.717, 1.165) is 38.8 Å². The van der Waals surface area contributed by atoms with Crippen molar-refractivity contribution in [1.29, 1.82) is 0 Å². The van der Waals surface area contributed by atoms with E-state index >= 15 is 0 Å². The highest BCUT2D eigenvalue weighted by Gasteiger charge is 2.49. The van der Waals surface area contributed by atoms with E-state index in [2.05, 4.69) is 89.8 Å². The molecule has 1 fully saturated rings. The Morgan fingerprint density at radius 3 is 2.12 bits per heavy atom. The second-order valence-electron chi connectivity index (χ2n) is 21.8. The van der Waals surface area contributed by atoms with Gasteiger partial charge in [0.2, 0.25) is 35.2 Å². The number of likely N-dealkylation sites (tertiary alicyclic amines) is 1. The highest BCUT2D eigenvalue weighted by molar-refractivity contribution is 7.94. The van der Waals surface area contributed by atoms with Gasteiger partial charge in [0.15, 0.2) is 11.5 Å². The SMILES string of the molecule is CN1/C(=C/C2=C(N3CCC[C@@H]3C(=O)N[C@@H](CSOO[O-])C(=O)NCCCCC(=O)NC(COP(=O)(O)O)C(=O)NCCCCC(=O)NCCOCCN3C(=O)C=CC3=O)C(=C/C3=[N+](C)c4ccccc4C3(C)C)/C2=O)C(C)(C)c2ccccc21. The number of imide groups is 1. The van der Waals surface area contributed by atoms with Crippen LogP contribution in [0, 0.1) is 0 Å². The lowest BCUT2D eigenvalue weighted by Crippen LogP contribution is -2.54. The Morgan fingerprint density at radius 1 is 0.821 bits per heavy atom. The standard InChI is InChI=1S/C57H74N9O16PS/c1-56(2)38-16-7-9-18-42(38)63(5)45(56)32-36-51(37(52(36)71)33-46-57(3,4)39-17-8-10-19-43(39)64(46)6)65-28-15-20-44(65)55(74)62-41(35-84-82-81-75)54(73)60-26-14-12-22-48(68)61-40(34-80-83(76,77)78)53(72)59-25-13-11-21-47(67)58-27-30-79-31-29-66-49(69)23-24-50(66)70/h7-10,16-19,23-24,32-33,40-41,44H,11-15,20-22,25-31,34-35H2,1-6H3,(H7-,58,59,60,61,62,67,68,72,73,74,75,76,77,78)/t40?,41-,44+/m0/s1. The Hall–Kier alpha value is -6.87. The average Bonchev–Trinajstić information content (AvgIpc) is 1.89. The molecule has 1 unspecified atom stereocenters. The lowest BCUT2D eigenvalue weighted by Gasteiger charge is -2.37. The minimum atomic E-state index is -5.04. The van der Waals surface area contributed by atoms with Gasteiger partial charge in [0, 0.05) is 110 Å². The minimum Gasteiger partial charge on any atom is -0.691 e. The largest absolute Gasteiger partial charge is 0.691 e. The van der Waals surface area contributed by atoms with Crippen LogP contribution in [0.15, 0.2) is 95.4 Å². The highest BCUT2D eigenvalue weighted by atomic mass is 32.2. The van der Waals surface area contributed by atoms with Crippen molar-refractivity contribution >= 4 is 84.1 Å². The van der Waals surface area contributed by atoms with Crippen molar-refractivity contribution in [2.75, 3.05) is 77.3 Å². The van der Waals surface area contributed by atoms with Crippen LogP contribution in [-0.4, -0.2) is 168 Å². The first-order valence-corrected chi connectivity index (χ1v) is 30.3. The lowest BCUT2D eigenvalue weighted by molar-refractivity contribution is -0.777. The fourth-order valence-electron chi connectivity index (χ4n) is 11.1. The van der Waals surface area contributed by atoms with Crippen molar-refractivity contribution in [2.45, 2.75) is 108 Å². The maximum atomic E-state index is 14.7. The van der Waals surface area contributed by atoms with Crippen LogP contribution in [0.25, 0.3) is 0 Å². The first-order valence-electron chi connectivity index (χ1n) is 27.8. The molecule has 0 aromatic heterocycles. The third-order valence-corrected chi connectivity index (χ3v) is 16.6. The summed E-state index contributed by atoms with van der Waals surface area (Å²) in [5.41, 5.74) is 6.73. The summed E-state index contributed by atoms with van der Waals surface area (Å²) in [5.74, 6) is -4.08. The van der Waals surface area contributed by atoms with Crippen LogP contribution in [0.2, 0.25) is 0 Å². The summed E-state index contributed by atoms with van der Waals surface area (Å²) in [6, 6.07) is 12.6. The summed E-state index contributed by atoms with van der Waals surface area (Å²) in [5, 5.41) is 27.6. The third-order valence-electron chi connectivity index (χ3n) is 15.5. The summed E-state index contributed by atoms with van der Waals surface area (Å²) in [6.45, 7) is 8.67. The van der Waals surface area contributed by atoms with E-state index in [9.17, 15) is 58.0 Å². The van der Waals surface area contributed by atoms with Crippen molar-refractivity contribution in [1.82, 2.24) is 36.4 Å². The number of nitrogens with one attached hydrogen (secondary N) is 5. The molecule has 1 saturated heterocycles. The lowest BCUT2D eigenvalue weighted by atomic mass is 9.76. The van der Waals surface area contributed by atoms with Gasteiger partial charge in [-0.05, 0) is 70.1 Å². The van der Waals surface area contributed by atoms with Crippen LogP contribution in [0.4, 0.5) is 11.4 Å². The molecule has 0 saturated carbocycles. The number of anilines is 1. The van der Waals surface area contributed by atoms with Gasteiger partial charge in [-0.2, -0.15) is 8.91 Å². The topological polar surface area (TPSA) is 327 Å². The maximum Gasteiger partial charge on any atom is 0.469 e. The van der Waals surface area contributed by atoms with Crippen LogP contribution in [-0.2, 0) is 72.4 Å². The molecule has 27 heteroatoms. The zero-order chi connectivity index (χ0) is 60.9. The van der Waals surface area contributed by atoms with Crippen LogP contribution >= 0.6 is 19.9 Å². The molecule has 4 aliphatic heterocycles. The van der Waals surface area contributed by atoms with Gasteiger partial charge in [-0.1, -0.05) is 50.2 Å². The number of unbranched alkanes of at least 4 members (excludes halogenated alkanes) is 2. The molecule has 7 amide bonds. The summed E-state index contributed by atoms with van der Waals surface area (Å²) in [4.78, 5) is 128. The molecule has 454 valence electrons. The first-order chi connectivity index (χ1) is 40.0. The zero-order valence-corrected chi connectivity index (χ0v) is 49.6. The molecular weight excluding hydrogens is 1130 g/mol. The number of para-hydroxylation sites is 2. The van der Waals surface area contributed by atoms with E-state index in [1.165, 1.54) is 12.2 Å². The van der Waals surface area contributed by atoms with Crippen molar-refractivity contribution in [3.05, 3.63) is 107 Å². The van der Waals surface area contributed by atoms with Gasteiger partial charge in [-0.3, -0.25) is 52.8 Å². The van der Waals surface area contributed by atoms with Crippen molar-refractivity contribution < 1.29 is 81.2 Å². The number of Topliss-reactive ketones (excluding diaryl/α,β-unsaturated/α-hetero) is 1. The molecule has 3 atom stereocenters. The number of rotatable bonds is 31. The molecular formula is C57H74N9O16PS. The van der Waals surface area contributed by atoms with Crippen molar-refractivity contribution in [3.63, 3.8) is 0 Å². The molecule has 2 aromatic carbocycles. The van der Waals surface area contributed by atoms with Gasteiger partial charge in [0.1, 0.15) is 25.2 Å². The van der Waals surface area contributed by atoms with Gasteiger partial charge >= 0.3 is 7.82 Å². The van der Waals surface area contributed by atoms with Crippen molar-refractivity contribution in [2.24, 2.45) is 0 Å². The Morgan fingerprint density at radius 2 is 1.46 bits per heavy atom. The summed E-state index contributed by atoms with van der Waals surface area (Å²) in [7, 11) is -1.09. The first kappa shape index (κ1) is 64.7. The van der Waals surface area contributed by atoms with Gasteiger partial charge in [0.05, 0.1) is 48.8 Å².